The molecule has 0 bridgehead atoms. The smallest absolute Gasteiger partial charge is 0.132 e. The van der Waals surface area contributed by atoms with E-state index in [4.69, 9.17) is 10.7 Å². The van der Waals surface area contributed by atoms with E-state index in [0.29, 0.717) is 0 Å². The SMILES string of the molecule is CN1c2c(c3cnccc3c3ccccc23)N(c2ccccc2)C1c1ccc(-c2ccc(C(=C/C(N)c3ccc(-c4ccccc4)cc3)/N=C/c3ccccc3)cc2)cc1. The quantitative estimate of drug-likeness (QED) is 0.117. The lowest BCUT2D eigenvalue weighted by Crippen LogP contribution is -2.30. The van der Waals surface area contributed by atoms with Gasteiger partial charge < -0.3 is 15.5 Å². The number of rotatable bonds is 9. The number of para-hydroxylation sites is 1. The molecule has 2 N–H and O–H groups in total. The predicted octanol–water partition coefficient (Wildman–Crippen LogP) is 13.2. The molecule has 288 valence electrons. The topological polar surface area (TPSA) is 57.8 Å². The summed E-state index contributed by atoms with van der Waals surface area (Å²) in [6, 6.07) is 67.9. The van der Waals surface area contributed by atoms with Crippen LogP contribution in [0.4, 0.5) is 17.1 Å². The second kappa shape index (κ2) is 16.0. The molecule has 1 aliphatic rings. The highest BCUT2D eigenvalue weighted by Crippen LogP contribution is 2.55. The molecule has 1 aliphatic heterocycles. The Kier molecular flexibility index (Phi) is 9.78. The first-order valence-corrected chi connectivity index (χ1v) is 20.4. The maximum absolute atomic E-state index is 6.86. The molecule has 0 amide bonds. The Morgan fingerprint density at radius 3 is 1.80 bits per heavy atom. The van der Waals surface area contributed by atoms with Crippen LogP contribution >= 0.6 is 0 Å². The standard InChI is InChI=1S/C55H43N5/c1-59-53-49-20-12-11-19-47(49)48-33-34-57-37-50(48)54(53)60(46-17-9-4-10-18-46)55(59)45-31-25-42(26-32-45)41-23-29-44(30-24-41)52(58-36-38-13-5-2-6-14-38)35-51(56)43-27-21-40(22-28-43)39-15-7-3-8-16-39/h2-37,51,55H,56H2,1H3/b52-35-,58-36+. The minimum atomic E-state index is -0.340. The fraction of sp³-hybridized carbons (Fsp3) is 0.0545. The number of nitrogens with two attached hydrogens (primary N) is 1. The van der Waals surface area contributed by atoms with Gasteiger partial charge in [0.15, 0.2) is 0 Å². The number of pyridine rings is 1. The van der Waals surface area contributed by atoms with Gasteiger partial charge in [0.2, 0.25) is 0 Å². The lowest BCUT2D eigenvalue weighted by Gasteiger charge is -2.31. The maximum Gasteiger partial charge on any atom is 0.132 e. The average Bonchev–Trinajstić information content (AvgIpc) is 3.64. The van der Waals surface area contributed by atoms with Crippen LogP contribution in [0.3, 0.4) is 0 Å². The third-order valence-corrected chi connectivity index (χ3v) is 11.6. The second-order valence-corrected chi connectivity index (χ2v) is 15.3. The number of nitrogens with zero attached hydrogens (tertiary/aromatic N) is 4. The summed E-state index contributed by atoms with van der Waals surface area (Å²) in [5, 5.41) is 4.81. The van der Waals surface area contributed by atoms with E-state index in [1.54, 1.807) is 0 Å². The number of hydrogen-bond donors (Lipinski definition) is 1. The first-order valence-electron chi connectivity index (χ1n) is 20.4. The number of fused-ring (bicyclic) bond motifs is 6. The van der Waals surface area contributed by atoms with Crippen molar-refractivity contribution < 1.29 is 0 Å². The largest absolute Gasteiger partial charge is 0.348 e. The van der Waals surface area contributed by atoms with Gasteiger partial charge in [-0.2, -0.15) is 0 Å². The Labute approximate surface area is 351 Å². The van der Waals surface area contributed by atoms with Crippen LogP contribution in [0, 0.1) is 0 Å². The minimum Gasteiger partial charge on any atom is -0.348 e. The summed E-state index contributed by atoms with van der Waals surface area (Å²) in [7, 11) is 2.21. The molecule has 0 saturated carbocycles. The number of anilines is 3. The van der Waals surface area contributed by atoms with Crippen molar-refractivity contribution in [3.05, 3.63) is 235 Å². The summed E-state index contributed by atoms with van der Waals surface area (Å²) in [4.78, 5) is 14.5. The van der Waals surface area contributed by atoms with Crippen LogP contribution in [0.25, 0.3) is 49.5 Å². The van der Waals surface area contributed by atoms with Gasteiger partial charge >= 0.3 is 0 Å². The van der Waals surface area contributed by atoms with Gasteiger partial charge in [-0.05, 0) is 79.6 Å². The molecule has 60 heavy (non-hydrogen) atoms. The average molecular weight is 774 g/mol. The van der Waals surface area contributed by atoms with Crippen molar-refractivity contribution in [2.24, 2.45) is 10.7 Å². The van der Waals surface area contributed by atoms with Crippen molar-refractivity contribution >= 4 is 50.5 Å². The molecule has 2 unspecified atom stereocenters. The van der Waals surface area contributed by atoms with Crippen LogP contribution in [0.15, 0.2) is 218 Å². The van der Waals surface area contributed by atoms with Crippen molar-refractivity contribution in [1.82, 2.24) is 4.98 Å². The minimum absolute atomic E-state index is 0.0676. The zero-order valence-corrected chi connectivity index (χ0v) is 33.3. The molecule has 0 fully saturated rings. The zero-order valence-electron chi connectivity index (χ0n) is 33.3. The Morgan fingerprint density at radius 2 is 1.12 bits per heavy atom. The van der Waals surface area contributed by atoms with Crippen molar-refractivity contribution in [3.63, 3.8) is 0 Å². The molecular weight excluding hydrogens is 731 g/mol. The molecule has 0 radical (unpaired) electrons. The van der Waals surface area contributed by atoms with Crippen molar-refractivity contribution in [2.45, 2.75) is 12.2 Å². The van der Waals surface area contributed by atoms with Gasteiger partial charge in [0.1, 0.15) is 6.17 Å². The summed E-state index contributed by atoms with van der Waals surface area (Å²) in [6.45, 7) is 0. The molecule has 5 nitrogen and oxygen atoms in total. The monoisotopic (exact) mass is 773 g/mol. The lowest BCUT2D eigenvalue weighted by molar-refractivity contribution is 0.720. The summed E-state index contributed by atoms with van der Waals surface area (Å²) in [5.74, 6) is 0. The summed E-state index contributed by atoms with van der Waals surface area (Å²) < 4.78 is 0. The molecule has 0 saturated heterocycles. The van der Waals surface area contributed by atoms with Crippen LogP contribution < -0.4 is 15.5 Å². The summed E-state index contributed by atoms with van der Waals surface area (Å²) in [6.07, 6.45) is 7.80. The second-order valence-electron chi connectivity index (χ2n) is 15.3. The number of aliphatic imine (C=N–C) groups is 1. The van der Waals surface area contributed by atoms with E-state index in [9.17, 15) is 0 Å². The number of aromatic nitrogens is 1. The van der Waals surface area contributed by atoms with Gasteiger partial charge in [-0.25, -0.2) is 0 Å². The number of benzene rings is 8. The van der Waals surface area contributed by atoms with E-state index in [2.05, 4.69) is 198 Å². The van der Waals surface area contributed by atoms with E-state index >= 15 is 0 Å². The Bertz CT molecular complexity index is 2980. The number of hydrogen-bond acceptors (Lipinski definition) is 5. The van der Waals surface area contributed by atoms with Gasteiger partial charge in [-0.3, -0.25) is 9.98 Å². The predicted molar refractivity (Wildman–Crippen MR) is 252 cm³/mol. The molecule has 2 atom stereocenters. The van der Waals surface area contributed by atoms with Gasteiger partial charge in [0, 0.05) is 42.1 Å². The van der Waals surface area contributed by atoms with E-state index in [1.165, 1.54) is 38.7 Å². The summed E-state index contributed by atoms with van der Waals surface area (Å²) in [5.41, 5.74) is 20.1. The third-order valence-electron chi connectivity index (χ3n) is 11.6. The molecular formula is C55H43N5. The zero-order chi connectivity index (χ0) is 40.4. The highest BCUT2D eigenvalue weighted by atomic mass is 15.4. The van der Waals surface area contributed by atoms with E-state index in [1.807, 2.05) is 42.9 Å². The van der Waals surface area contributed by atoms with Crippen molar-refractivity contribution in [3.8, 4) is 22.3 Å². The molecule has 0 aliphatic carbocycles. The highest BCUT2D eigenvalue weighted by molar-refractivity contribution is 6.22. The van der Waals surface area contributed by atoms with Crippen LogP contribution in [0.5, 0.6) is 0 Å². The van der Waals surface area contributed by atoms with Crippen LogP contribution in [-0.2, 0) is 0 Å². The molecule has 0 spiro atoms. The van der Waals surface area contributed by atoms with Crippen LogP contribution in [-0.4, -0.2) is 18.2 Å². The van der Waals surface area contributed by atoms with Crippen molar-refractivity contribution in [2.75, 3.05) is 16.8 Å². The van der Waals surface area contributed by atoms with Crippen LogP contribution in [0.2, 0.25) is 0 Å². The molecule has 2 heterocycles. The van der Waals surface area contributed by atoms with E-state index in [-0.39, 0.29) is 12.2 Å². The molecule has 9 aromatic rings. The van der Waals surface area contributed by atoms with Crippen molar-refractivity contribution in [1.29, 1.82) is 0 Å². The first kappa shape index (κ1) is 36.7. The lowest BCUT2D eigenvalue weighted by atomic mass is 9.98. The Balaban J connectivity index is 0.969. The fourth-order valence-corrected chi connectivity index (χ4v) is 8.62. The maximum atomic E-state index is 6.86. The highest BCUT2D eigenvalue weighted by Gasteiger charge is 2.39. The summed E-state index contributed by atoms with van der Waals surface area (Å²) >= 11 is 0. The van der Waals surface area contributed by atoms with E-state index in [0.717, 1.165) is 50.2 Å². The van der Waals surface area contributed by atoms with E-state index < -0.39 is 0 Å². The molecule has 5 heteroatoms. The first-order chi connectivity index (χ1) is 29.6. The Hall–Kier alpha value is -7.60. The molecule has 10 rings (SSSR count). The normalized spacial score (nSPS) is 14.6. The Morgan fingerprint density at radius 1 is 0.567 bits per heavy atom. The van der Waals surface area contributed by atoms with Gasteiger partial charge in [0.05, 0.1) is 23.1 Å². The fourth-order valence-electron chi connectivity index (χ4n) is 8.62. The molecule has 1 aromatic heterocycles. The van der Waals surface area contributed by atoms with Gasteiger partial charge in [-0.1, -0.05) is 176 Å². The third kappa shape index (κ3) is 6.91. The molecule has 8 aromatic carbocycles. The van der Waals surface area contributed by atoms with Gasteiger partial charge in [0.25, 0.3) is 0 Å². The van der Waals surface area contributed by atoms with Gasteiger partial charge in [-0.15, -0.1) is 0 Å². The van der Waals surface area contributed by atoms with Crippen LogP contribution in [0.1, 0.15) is 34.5 Å².